The summed E-state index contributed by atoms with van der Waals surface area (Å²) >= 11 is 0. The first kappa shape index (κ1) is 22.8. The summed E-state index contributed by atoms with van der Waals surface area (Å²) in [6.45, 7) is 10.6. The summed E-state index contributed by atoms with van der Waals surface area (Å²) in [6.07, 6.45) is -6.46. The van der Waals surface area contributed by atoms with Gasteiger partial charge in [-0.1, -0.05) is 51.1 Å². The van der Waals surface area contributed by atoms with Gasteiger partial charge in [-0.15, -0.1) is 0 Å². The number of halogens is 2. The average Bonchev–Trinajstić information content (AvgIpc) is 2.66. The molecule has 1 aromatic carbocycles. The standard InChI is InChI=1S/C21H32F2O5Si/c1-21(2,3)29(5,6)28-17-15(18(22)23)20(24-4)26-14-12-25-19(27-16(14)17)13-10-8-7-9-11-13/h7-11,14-20H,12H2,1-6H3/t14-,15+,16-,17-,19-,20+/m1/s1. The molecule has 29 heavy (non-hydrogen) atoms. The van der Waals surface area contributed by atoms with Crippen LogP contribution in [-0.4, -0.2) is 53.1 Å². The van der Waals surface area contributed by atoms with Crippen LogP contribution in [0.3, 0.4) is 0 Å². The van der Waals surface area contributed by atoms with Gasteiger partial charge in [0.15, 0.2) is 20.9 Å². The van der Waals surface area contributed by atoms with E-state index in [9.17, 15) is 8.78 Å². The minimum Gasteiger partial charge on any atom is -0.410 e. The molecule has 0 saturated carbocycles. The molecule has 0 unspecified atom stereocenters. The van der Waals surface area contributed by atoms with Gasteiger partial charge < -0.3 is 23.4 Å². The average molecular weight is 431 g/mol. The van der Waals surface area contributed by atoms with E-state index in [4.69, 9.17) is 23.4 Å². The van der Waals surface area contributed by atoms with E-state index in [-0.39, 0.29) is 11.6 Å². The molecule has 0 radical (unpaired) electrons. The third-order valence-electron chi connectivity index (χ3n) is 6.22. The maximum absolute atomic E-state index is 14.1. The van der Waals surface area contributed by atoms with Crippen molar-refractivity contribution in [1.82, 2.24) is 0 Å². The van der Waals surface area contributed by atoms with E-state index < -0.39 is 51.6 Å². The molecule has 0 spiro atoms. The van der Waals surface area contributed by atoms with Gasteiger partial charge in [0.25, 0.3) is 0 Å². The van der Waals surface area contributed by atoms with Crippen molar-refractivity contribution in [3.63, 3.8) is 0 Å². The van der Waals surface area contributed by atoms with Gasteiger partial charge in [-0.2, -0.15) is 0 Å². The summed E-state index contributed by atoms with van der Waals surface area (Å²) in [4.78, 5) is 0. The molecule has 0 aromatic heterocycles. The number of hydrogen-bond acceptors (Lipinski definition) is 5. The summed E-state index contributed by atoms with van der Waals surface area (Å²) in [6, 6.07) is 9.45. The highest BCUT2D eigenvalue weighted by Gasteiger charge is 2.56. The number of benzene rings is 1. The quantitative estimate of drug-likeness (QED) is 0.631. The Labute approximate surface area is 172 Å². The molecule has 3 rings (SSSR count). The summed E-state index contributed by atoms with van der Waals surface area (Å²) < 4.78 is 57.9. The molecule has 2 heterocycles. The number of fused-ring (bicyclic) bond motifs is 1. The minimum atomic E-state index is -2.67. The normalized spacial score (nSPS) is 33.6. The van der Waals surface area contributed by atoms with E-state index in [0.717, 1.165) is 5.56 Å². The zero-order valence-electron chi connectivity index (χ0n) is 17.9. The Morgan fingerprint density at radius 1 is 1.10 bits per heavy atom. The van der Waals surface area contributed by atoms with E-state index in [1.807, 2.05) is 30.3 Å². The second-order valence-corrected chi connectivity index (χ2v) is 14.0. The van der Waals surface area contributed by atoms with Crippen LogP contribution in [0.15, 0.2) is 30.3 Å². The highest BCUT2D eigenvalue weighted by Crippen LogP contribution is 2.44. The van der Waals surface area contributed by atoms with Crippen LogP contribution in [0.25, 0.3) is 0 Å². The van der Waals surface area contributed by atoms with Crippen molar-refractivity contribution in [1.29, 1.82) is 0 Å². The topological polar surface area (TPSA) is 46.2 Å². The number of hydrogen-bond donors (Lipinski definition) is 0. The molecule has 0 bridgehead atoms. The Morgan fingerprint density at radius 2 is 1.76 bits per heavy atom. The molecular weight excluding hydrogens is 398 g/mol. The number of methoxy groups -OCH3 is 1. The van der Waals surface area contributed by atoms with Crippen molar-refractivity contribution in [2.45, 2.75) is 76.2 Å². The Kier molecular flexibility index (Phi) is 6.82. The van der Waals surface area contributed by atoms with E-state index in [2.05, 4.69) is 33.9 Å². The van der Waals surface area contributed by atoms with Gasteiger partial charge in [0, 0.05) is 12.7 Å². The molecule has 2 aliphatic rings. The molecule has 2 fully saturated rings. The van der Waals surface area contributed by atoms with Gasteiger partial charge in [0.1, 0.15) is 12.2 Å². The van der Waals surface area contributed by atoms with Gasteiger partial charge >= 0.3 is 0 Å². The van der Waals surface area contributed by atoms with Crippen LogP contribution in [-0.2, 0) is 23.4 Å². The first-order valence-corrected chi connectivity index (χ1v) is 12.9. The molecule has 2 aliphatic heterocycles. The first-order valence-electron chi connectivity index (χ1n) is 10.0. The van der Waals surface area contributed by atoms with Gasteiger partial charge in [0.05, 0.1) is 18.6 Å². The van der Waals surface area contributed by atoms with Gasteiger partial charge in [-0.25, -0.2) is 8.78 Å². The van der Waals surface area contributed by atoms with Crippen molar-refractivity contribution >= 4 is 8.32 Å². The molecule has 5 nitrogen and oxygen atoms in total. The SMILES string of the molecule is CO[C@H]1O[C@@H]2CO[C@@H](c3ccccc3)O[C@H]2[C@H](O[Si](C)(C)C(C)(C)C)[C@H]1C(F)F. The van der Waals surface area contributed by atoms with Crippen molar-refractivity contribution in [3.8, 4) is 0 Å². The van der Waals surface area contributed by atoms with Crippen LogP contribution < -0.4 is 0 Å². The van der Waals surface area contributed by atoms with Crippen LogP contribution in [0.1, 0.15) is 32.6 Å². The fraction of sp³-hybridized carbons (Fsp3) is 0.714. The van der Waals surface area contributed by atoms with Crippen molar-refractivity contribution in [3.05, 3.63) is 35.9 Å². The molecule has 1 aromatic rings. The predicted octanol–water partition coefficient (Wildman–Crippen LogP) is 4.74. The summed E-state index contributed by atoms with van der Waals surface area (Å²) in [5.74, 6) is -1.25. The molecule has 8 heteroatoms. The maximum Gasteiger partial charge on any atom is 0.248 e. The summed E-state index contributed by atoms with van der Waals surface area (Å²) in [7, 11) is -0.989. The Balaban J connectivity index is 1.93. The third-order valence-corrected chi connectivity index (χ3v) is 10.7. The lowest BCUT2D eigenvalue weighted by atomic mass is 9.90. The minimum absolute atomic E-state index is 0.139. The fourth-order valence-corrected chi connectivity index (χ4v) is 4.84. The zero-order chi connectivity index (χ0) is 21.4. The Hall–Kier alpha value is -0.903. The van der Waals surface area contributed by atoms with Crippen molar-refractivity contribution < 1.29 is 32.2 Å². The number of alkyl halides is 2. The largest absolute Gasteiger partial charge is 0.410 e. The van der Waals surface area contributed by atoms with Crippen LogP contribution in [0.4, 0.5) is 8.78 Å². The lowest BCUT2D eigenvalue weighted by molar-refractivity contribution is -0.357. The highest BCUT2D eigenvalue weighted by molar-refractivity contribution is 6.74. The van der Waals surface area contributed by atoms with Crippen LogP contribution in [0.5, 0.6) is 0 Å². The molecule has 2 saturated heterocycles. The summed E-state index contributed by atoms with van der Waals surface area (Å²) in [5, 5.41) is -0.139. The molecular formula is C21H32F2O5Si. The van der Waals surface area contributed by atoms with E-state index >= 15 is 0 Å². The molecule has 0 N–H and O–H groups in total. The second kappa shape index (κ2) is 8.68. The number of rotatable bonds is 5. The molecule has 0 aliphatic carbocycles. The highest BCUT2D eigenvalue weighted by atomic mass is 28.4. The monoisotopic (exact) mass is 430 g/mol. The van der Waals surface area contributed by atoms with Gasteiger partial charge in [0.2, 0.25) is 6.43 Å². The van der Waals surface area contributed by atoms with Crippen LogP contribution in [0.2, 0.25) is 18.1 Å². The Bertz CT molecular complexity index is 667. The molecule has 164 valence electrons. The van der Waals surface area contributed by atoms with E-state index in [1.165, 1.54) is 7.11 Å². The van der Waals surface area contributed by atoms with Crippen molar-refractivity contribution in [2.75, 3.05) is 13.7 Å². The van der Waals surface area contributed by atoms with E-state index in [1.54, 1.807) is 0 Å². The second-order valence-electron chi connectivity index (χ2n) is 9.21. The molecule has 6 atom stereocenters. The lowest BCUT2D eigenvalue weighted by Gasteiger charge is -2.52. The summed E-state index contributed by atoms with van der Waals surface area (Å²) in [5.41, 5.74) is 0.833. The zero-order valence-corrected chi connectivity index (χ0v) is 18.9. The third kappa shape index (κ3) is 4.73. The lowest BCUT2D eigenvalue weighted by Crippen LogP contribution is -2.64. The van der Waals surface area contributed by atoms with E-state index in [0.29, 0.717) is 0 Å². The fourth-order valence-electron chi connectivity index (χ4n) is 3.51. The van der Waals surface area contributed by atoms with Crippen LogP contribution in [0, 0.1) is 5.92 Å². The first-order chi connectivity index (χ1) is 13.5. The predicted molar refractivity (Wildman–Crippen MR) is 107 cm³/mol. The molecule has 0 amide bonds. The maximum atomic E-state index is 14.1. The van der Waals surface area contributed by atoms with Crippen molar-refractivity contribution in [2.24, 2.45) is 5.92 Å². The van der Waals surface area contributed by atoms with Gasteiger partial charge in [-0.05, 0) is 18.1 Å². The van der Waals surface area contributed by atoms with Gasteiger partial charge in [-0.3, -0.25) is 0 Å². The smallest absolute Gasteiger partial charge is 0.248 e. The van der Waals surface area contributed by atoms with Crippen LogP contribution >= 0.6 is 0 Å². The number of ether oxygens (including phenoxy) is 4. The Morgan fingerprint density at radius 3 is 2.31 bits per heavy atom.